The van der Waals surface area contributed by atoms with Crippen molar-refractivity contribution in [3.63, 3.8) is 0 Å². The van der Waals surface area contributed by atoms with Crippen molar-refractivity contribution >= 4 is 11.6 Å². The molecule has 26 heavy (non-hydrogen) atoms. The number of aromatic nitrogens is 4. The monoisotopic (exact) mass is 353 g/mol. The third-order valence-electron chi connectivity index (χ3n) is 5.01. The van der Waals surface area contributed by atoms with Gasteiger partial charge in [-0.15, -0.1) is 0 Å². The minimum Gasteiger partial charge on any atom is -0.381 e. The molecule has 1 fully saturated rings. The Kier molecular flexibility index (Phi) is 4.46. The number of hydrogen-bond acceptors (Lipinski definition) is 4. The van der Waals surface area contributed by atoms with Gasteiger partial charge in [0.05, 0.1) is 6.04 Å². The van der Waals surface area contributed by atoms with Crippen molar-refractivity contribution in [1.82, 2.24) is 24.3 Å². The molecule has 0 spiro atoms. The van der Waals surface area contributed by atoms with Crippen LogP contribution in [0, 0.1) is 12.8 Å². The highest BCUT2D eigenvalue weighted by Crippen LogP contribution is 2.29. The predicted octanol–water partition coefficient (Wildman–Crippen LogP) is 2.27. The maximum atomic E-state index is 12.9. The van der Waals surface area contributed by atoms with Gasteiger partial charge in [0, 0.05) is 45.0 Å². The van der Waals surface area contributed by atoms with Crippen LogP contribution in [0.5, 0.6) is 0 Å². The Hall–Kier alpha value is -2.67. The summed E-state index contributed by atoms with van der Waals surface area (Å²) in [4.78, 5) is 21.9. The van der Waals surface area contributed by atoms with Crippen LogP contribution in [0.3, 0.4) is 0 Å². The molecular weight excluding hydrogens is 330 g/mol. The summed E-state index contributed by atoms with van der Waals surface area (Å²) in [6.07, 6.45) is 9.17. The lowest BCUT2D eigenvalue weighted by Crippen LogP contribution is -2.37. The minimum absolute atomic E-state index is 0.155. The van der Waals surface area contributed by atoms with Crippen molar-refractivity contribution in [2.75, 3.05) is 13.2 Å². The molecule has 1 amide bonds. The highest BCUT2D eigenvalue weighted by atomic mass is 16.5. The van der Waals surface area contributed by atoms with E-state index in [2.05, 4.69) is 15.3 Å². The predicted molar refractivity (Wildman–Crippen MR) is 96.9 cm³/mol. The quantitative estimate of drug-likeness (QED) is 0.781. The topological polar surface area (TPSA) is 73.5 Å². The number of nitrogens with one attached hydrogen (secondary N) is 1. The third kappa shape index (κ3) is 3.22. The molecule has 0 aliphatic carbocycles. The first-order valence-electron chi connectivity index (χ1n) is 8.93. The van der Waals surface area contributed by atoms with Gasteiger partial charge in [-0.3, -0.25) is 4.79 Å². The van der Waals surface area contributed by atoms with Crippen LogP contribution < -0.4 is 5.32 Å². The van der Waals surface area contributed by atoms with Crippen molar-refractivity contribution < 1.29 is 9.53 Å². The van der Waals surface area contributed by atoms with Gasteiger partial charge in [-0.05, 0) is 43.4 Å². The number of fused-ring (bicyclic) bond motifs is 1. The molecule has 4 heterocycles. The summed E-state index contributed by atoms with van der Waals surface area (Å²) in [5.74, 6) is 0.990. The normalized spacial score (nSPS) is 16.7. The van der Waals surface area contributed by atoms with Gasteiger partial charge in [-0.25, -0.2) is 9.97 Å². The Labute approximate surface area is 152 Å². The van der Waals surface area contributed by atoms with Crippen LogP contribution in [-0.4, -0.2) is 38.1 Å². The molecule has 0 bridgehead atoms. The van der Waals surface area contributed by atoms with Crippen LogP contribution >= 0.6 is 0 Å². The van der Waals surface area contributed by atoms with Crippen LogP contribution in [0.25, 0.3) is 5.65 Å². The molecule has 136 valence electrons. The molecule has 3 aromatic rings. The molecular formula is C19H23N5O2. The van der Waals surface area contributed by atoms with Crippen LogP contribution in [0.15, 0.2) is 36.9 Å². The van der Waals surface area contributed by atoms with Gasteiger partial charge in [-0.2, -0.15) is 0 Å². The number of carbonyl (C=O) groups excluding carboxylic acids is 1. The average Bonchev–Trinajstić information content (AvgIpc) is 3.26. The van der Waals surface area contributed by atoms with Crippen LogP contribution in [-0.2, 0) is 11.8 Å². The Bertz CT molecular complexity index is 923. The molecule has 1 aliphatic heterocycles. The van der Waals surface area contributed by atoms with Crippen LogP contribution in [0.4, 0.5) is 0 Å². The molecule has 4 rings (SSSR count). The molecule has 1 saturated heterocycles. The second-order valence-electron chi connectivity index (χ2n) is 6.89. The number of aryl methyl sites for hydroxylation is 2. The molecule has 0 radical (unpaired) electrons. The van der Waals surface area contributed by atoms with E-state index in [1.807, 2.05) is 47.5 Å². The van der Waals surface area contributed by atoms with Gasteiger partial charge in [0.2, 0.25) is 0 Å². The number of rotatable bonds is 4. The molecule has 1 N–H and O–H groups in total. The fourth-order valence-corrected chi connectivity index (χ4v) is 3.53. The lowest BCUT2D eigenvalue weighted by molar-refractivity contribution is 0.0498. The zero-order valence-electron chi connectivity index (χ0n) is 15.1. The van der Waals surface area contributed by atoms with Gasteiger partial charge < -0.3 is 19.0 Å². The highest BCUT2D eigenvalue weighted by Gasteiger charge is 2.30. The molecule has 7 nitrogen and oxygen atoms in total. The van der Waals surface area contributed by atoms with E-state index in [0.717, 1.165) is 43.1 Å². The number of carbonyl (C=O) groups is 1. The molecule has 0 unspecified atom stereocenters. The van der Waals surface area contributed by atoms with Crippen LogP contribution in [0.1, 0.15) is 40.8 Å². The second-order valence-corrected chi connectivity index (χ2v) is 6.89. The average molecular weight is 353 g/mol. The first-order valence-corrected chi connectivity index (χ1v) is 8.93. The molecule has 7 heteroatoms. The van der Waals surface area contributed by atoms with E-state index in [1.165, 1.54) is 0 Å². The van der Waals surface area contributed by atoms with Gasteiger partial charge >= 0.3 is 0 Å². The standard InChI is InChI=1S/C19H23N5O2/c1-13-3-7-24-12-15(21-16(24)11-13)19(25)22-17(14-4-9-26-10-5-14)18-20-6-8-23(18)2/h3,6-8,11-12,14,17H,4-5,9-10H2,1-2H3,(H,22,25)/t17-/m1/s1. The zero-order valence-corrected chi connectivity index (χ0v) is 15.1. The Balaban J connectivity index is 1.61. The van der Waals surface area contributed by atoms with Gasteiger partial charge in [-0.1, -0.05) is 0 Å². The largest absolute Gasteiger partial charge is 0.381 e. The molecule has 3 aromatic heterocycles. The van der Waals surface area contributed by atoms with Gasteiger partial charge in [0.1, 0.15) is 17.2 Å². The summed E-state index contributed by atoms with van der Waals surface area (Å²) in [6.45, 7) is 3.45. The first-order chi connectivity index (χ1) is 12.6. The molecule has 1 atom stereocenters. The lowest BCUT2D eigenvalue weighted by atomic mass is 9.91. The van der Waals surface area contributed by atoms with Gasteiger partial charge in [0.15, 0.2) is 0 Å². The SMILES string of the molecule is Cc1ccn2cc(C(=O)N[C@@H](c3nccn3C)C3CCOCC3)nc2c1. The minimum atomic E-state index is -0.175. The van der Waals surface area contributed by atoms with E-state index in [9.17, 15) is 4.79 Å². The summed E-state index contributed by atoms with van der Waals surface area (Å²) in [5.41, 5.74) is 2.31. The van der Waals surface area contributed by atoms with E-state index in [4.69, 9.17) is 4.74 Å². The smallest absolute Gasteiger partial charge is 0.272 e. The van der Waals surface area contributed by atoms with E-state index in [1.54, 1.807) is 12.4 Å². The van der Waals surface area contributed by atoms with E-state index < -0.39 is 0 Å². The van der Waals surface area contributed by atoms with E-state index in [0.29, 0.717) is 11.6 Å². The fraction of sp³-hybridized carbons (Fsp3) is 0.421. The Morgan fingerprint density at radius 3 is 2.88 bits per heavy atom. The number of nitrogens with zero attached hydrogens (tertiary/aromatic N) is 4. The van der Waals surface area contributed by atoms with Crippen molar-refractivity contribution in [2.45, 2.75) is 25.8 Å². The van der Waals surface area contributed by atoms with E-state index >= 15 is 0 Å². The molecule has 0 aromatic carbocycles. The molecule has 0 saturated carbocycles. The Morgan fingerprint density at radius 1 is 1.35 bits per heavy atom. The number of pyridine rings is 1. The third-order valence-corrected chi connectivity index (χ3v) is 5.01. The number of imidazole rings is 2. The number of hydrogen-bond donors (Lipinski definition) is 1. The van der Waals surface area contributed by atoms with E-state index in [-0.39, 0.29) is 11.9 Å². The fourth-order valence-electron chi connectivity index (χ4n) is 3.53. The summed E-state index contributed by atoms with van der Waals surface area (Å²) in [7, 11) is 1.95. The molecule has 1 aliphatic rings. The van der Waals surface area contributed by atoms with Crippen molar-refractivity contribution in [1.29, 1.82) is 0 Å². The number of ether oxygens (including phenoxy) is 1. The second kappa shape index (κ2) is 6.92. The summed E-state index contributed by atoms with van der Waals surface area (Å²) in [6, 6.07) is 3.80. The maximum absolute atomic E-state index is 12.9. The van der Waals surface area contributed by atoms with Gasteiger partial charge in [0.25, 0.3) is 5.91 Å². The summed E-state index contributed by atoms with van der Waals surface area (Å²) >= 11 is 0. The highest BCUT2D eigenvalue weighted by molar-refractivity contribution is 5.93. The lowest BCUT2D eigenvalue weighted by Gasteiger charge is -2.30. The van der Waals surface area contributed by atoms with Crippen LogP contribution in [0.2, 0.25) is 0 Å². The van der Waals surface area contributed by atoms with Crippen molar-refractivity contribution in [3.8, 4) is 0 Å². The summed E-state index contributed by atoms with van der Waals surface area (Å²) in [5, 5.41) is 3.17. The van der Waals surface area contributed by atoms with Crippen molar-refractivity contribution in [2.24, 2.45) is 13.0 Å². The number of amides is 1. The first kappa shape index (κ1) is 16.8. The Morgan fingerprint density at radius 2 is 2.15 bits per heavy atom. The summed E-state index contributed by atoms with van der Waals surface area (Å²) < 4.78 is 9.32. The maximum Gasteiger partial charge on any atom is 0.272 e. The van der Waals surface area contributed by atoms with Crippen molar-refractivity contribution in [3.05, 3.63) is 54.0 Å². The zero-order chi connectivity index (χ0) is 18.1.